The summed E-state index contributed by atoms with van der Waals surface area (Å²) in [5, 5.41) is 3.05. The fourth-order valence-electron chi connectivity index (χ4n) is 0.785. The molecule has 1 heterocycles. The van der Waals surface area contributed by atoms with Gasteiger partial charge in [0.25, 0.3) is 0 Å². The highest BCUT2D eigenvalue weighted by Crippen LogP contribution is 1.92. The molecular formula is C8H13N3. The predicted molar refractivity (Wildman–Crippen MR) is 44.4 cm³/mol. The lowest BCUT2D eigenvalue weighted by Crippen LogP contribution is -2.12. The van der Waals surface area contributed by atoms with Crippen molar-refractivity contribution in [1.82, 2.24) is 15.3 Å². The largest absolute Gasteiger partial charge is 0.319 e. The Labute approximate surface area is 66.9 Å². The summed E-state index contributed by atoms with van der Waals surface area (Å²) in [6.07, 6.45) is 4.59. The van der Waals surface area contributed by atoms with Crippen molar-refractivity contribution in [3.05, 3.63) is 23.8 Å². The van der Waals surface area contributed by atoms with Gasteiger partial charge >= 0.3 is 0 Å². The van der Waals surface area contributed by atoms with Gasteiger partial charge in [0, 0.05) is 25.4 Å². The zero-order valence-electron chi connectivity index (χ0n) is 6.96. The van der Waals surface area contributed by atoms with Crippen LogP contribution in [-0.4, -0.2) is 23.6 Å². The summed E-state index contributed by atoms with van der Waals surface area (Å²) >= 11 is 0. The molecule has 0 aliphatic heterocycles. The van der Waals surface area contributed by atoms with Crippen molar-refractivity contribution < 1.29 is 0 Å². The highest BCUT2D eigenvalue weighted by atomic mass is 14.9. The molecule has 0 radical (unpaired) electrons. The molecule has 1 aromatic heterocycles. The molecule has 11 heavy (non-hydrogen) atoms. The van der Waals surface area contributed by atoms with Crippen molar-refractivity contribution in [3.8, 4) is 0 Å². The number of hydrogen-bond acceptors (Lipinski definition) is 3. The van der Waals surface area contributed by atoms with Gasteiger partial charge in [0.1, 0.15) is 5.82 Å². The normalized spacial score (nSPS) is 10.0. The molecule has 0 saturated heterocycles. The Morgan fingerprint density at radius 3 is 2.55 bits per heavy atom. The molecule has 0 unspecified atom stereocenters. The van der Waals surface area contributed by atoms with Gasteiger partial charge in [-0.25, -0.2) is 9.97 Å². The Hall–Kier alpha value is -0.960. The lowest BCUT2D eigenvalue weighted by atomic mass is 10.3. The van der Waals surface area contributed by atoms with Crippen LogP contribution in [0, 0.1) is 6.92 Å². The van der Waals surface area contributed by atoms with Crippen molar-refractivity contribution >= 4 is 0 Å². The van der Waals surface area contributed by atoms with Gasteiger partial charge in [-0.1, -0.05) is 0 Å². The smallest absolute Gasteiger partial charge is 0.129 e. The average molecular weight is 151 g/mol. The molecule has 1 aromatic rings. The maximum Gasteiger partial charge on any atom is 0.129 e. The summed E-state index contributed by atoms with van der Waals surface area (Å²) in [4.78, 5) is 8.33. The molecule has 0 aliphatic carbocycles. The van der Waals surface area contributed by atoms with Crippen LogP contribution in [0.5, 0.6) is 0 Å². The Morgan fingerprint density at radius 1 is 1.36 bits per heavy atom. The van der Waals surface area contributed by atoms with Gasteiger partial charge in [-0.2, -0.15) is 0 Å². The van der Waals surface area contributed by atoms with Crippen LogP contribution < -0.4 is 5.32 Å². The molecule has 0 amide bonds. The van der Waals surface area contributed by atoms with Gasteiger partial charge in [-0.3, -0.25) is 0 Å². The second-order valence-electron chi connectivity index (χ2n) is 2.53. The van der Waals surface area contributed by atoms with Crippen LogP contribution in [0.15, 0.2) is 12.4 Å². The number of nitrogens with zero attached hydrogens (tertiary/aromatic N) is 2. The summed E-state index contributed by atoms with van der Waals surface area (Å²) in [6, 6.07) is 0. The second-order valence-corrected chi connectivity index (χ2v) is 2.53. The molecule has 60 valence electrons. The van der Waals surface area contributed by atoms with Gasteiger partial charge in [0.2, 0.25) is 0 Å². The second kappa shape index (κ2) is 4.03. The van der Waals surface area contributed by atoms with E-state index in [4.69, 9.17) is 0 Å². The summed E-state index contributed by atoms with van der Waals surface area (Å²) in [7, 11) is 1.92. The first-order valence-corrected chi connectivity index (χ1v) is 3.75. The highest BCUT2D eigenvalue weighted by Gasteiger charge is 1.92. The quantitative estimate of drug-likeness (QED) is 0.685. The van der Waals surface area contributed by atoms with Gasteiger partial charge in [0.05, 0.1) is 0 Å². The zero-order valence-corrected chi connectivity index (χ0v) is 6.96. The summed E-state index contributed by atoms with van der Waals surface area (Å²) in [6.45, 7) is 2.92. The van der Waals surface area contributed by atoms with E-state index in [1.807, 2.05) is 26.4 Å². The summed E-state index contributed by atoms with van der Waals surface area (Å²) in [5.74, 6) is 0.907. The van der Waals surface area contributed by atoms with Crippen molar-refractivity contribution in [1.29, 1.82) is 0 Å². The van der Waals surface area contributed by atoms with Crippen LogP contribution in [0.1, 0.15) is 11.4 Å². The monoisotopic (exact) mass is 151 g/mol. The van der Waals surface area contributed by atoms with Crippen LogP contribution >= 0.6 is 0 Å². The minimum Gasteiger partial charge on any atom is -0.319 e. The van der Waals surface area contributed by atoms with E-state index < -0.39 is 0 Å². The maximum atomic E-state index is 4.16. The minimum atomic E-state index is 0.900. The molecule has 0 spiro atoms. The van der Waals surface area contributed by atoms with Crippen LogP contribution in [0.3, 0.4) is 0 Å². The number of hydrogen-bond donors (Lipinski definition) is 1. The average Bonchev–Trinajstić information content (AvgIpc) is 2.04. The van der Waals surface area contributed by atoms with E-state index in [1.54, 1.807) is 0 Å². The van der Waals surface area contributed by atoms with E-state index >= 15 is 0 Å². The number of aryl methyl sites for hydroxylation is 1. The standard InChI is InChI=1S/C8H13N3/c1-7-5-10-8(11-6-7)3-4-9-2/h5-6,9H,3-4H2,1-2H3. The Bertz CT molecular complexity index is 205. The zero-order chi connectivity index (χ0) is 8.10. The third-order valence-electron chi connectivity index (χ3n) is 1.43. The molecule has 0 aliphatic rings. The van der Waals surface area contributed by atoms with Gasteiger partial charge < -0.3 is 5.32 Å². The van der Waals surface area contributed by atoms with E-state index in [0.717, 1.165) is 24.4 Å². The van der Waals surface area contributed by atoms with Crippen molar-refractivity contribution in [2.24, 2.45) is 0 Å². The Balaban J connectivity index is 2.52. The van der Waals surface area contributed by atoms with E-state index in [-0.39, 0.29) is 0 Å². The SMILES string of the molecule is CNCCc1ncc(C)cn1. The summed E-state index contributed by atoms with van der Waals surface area (Å²) < 4.78 is 0. The molecule has 3 heteroatoms. The molecule has 0 fully saturated rings. The van der Waals surface area contributed by atoms with Crippen LogP contribution in [-0.2, 0) is 6.42 Å². The first-order valence-electron chi connectivity index (χ1n) is 3.75. The molecule has 0 saturated carbocycles. The van der Waals surface area contributed by atoms with Gasteiger partial charge in [0.15, 0.2) is 0 Å². The first-order chi connectivity index (χ1) is 5.33. The molecule has 0 aromatic carbocycles. The van der Waals surface area contributed by atoms with Crippen LogP contribution in [0.25, 0.3) is 0 Å². The van der Waals surface area contributed by atoms with Crippen molar-refractivity contribution in [2.75, 3.05) is 13.6 Å². The number of aromatic nitrogens is 2. The topological polar surface area (TPSA) is 37.8 Å². The summed E-state index contributed by atoms with van der Waals surface area (Å²) in [5.41, 5.74) is 1.11. The maximum absolute atomic E-state index is 4.16. The van der Waals surface area contributed by atoms with Gasteiger partial charge in [-0.05, 0) is 19.5 Å². The van der Waals surface area contributed by atoms with Crippen LogP contribution in [0.2, 0.25) is 0 Å². The molecule has 3 nitrogen and oxygen atoms in total. The fraction of sp³-hybridized carbons (Fsp3) is 0.500. The number of likely N-dealkylation sites (N-methyl/N-ethyl adjacent to an activating group) is 1. The highest BCUT2D eigenvalue weighted by molar-refractivity contribution is 5.01. The molecule has 1 N–H and O–H groups in total. The molecule has 0 atom stereocenters. The number of rotatable bonds is 3. The third-order valence-corrected chi connectivity index (χ3v) is 1.43. The lowest BCUT2D eigenvalue weighted by molar-refractivity contribution is 0.753. The molecule has 0 bridgehead atoms. The van der Waals surface area contributed by atoms with E-state index in [2.05, 4.69) is 15.3 Å². The Kier molecular flexibility index (Phi) is 2.98. The Morgan fingerprint density at radius 2 is 2.00 bits per heavy atom. The van der Waals surface area contributed by atoms with Gasteiger partial charge in [-0.15, -0.1) is 0 Å². The third kappa shape index (κ3) is 2.63. The van der Waals surface area contributed by atoms with Crippen LogP contribution in [0.4, 0.5) is 0 Å². The van der Waals surface area contributed by atoms with Crippen molar-refractivity contribution in [3.63, 3.8) is 0 Å². The first kappa shape index (κ1) is 8.14. The van der Waals surface area contributed by atoms with E-state index in [0.29, 0.717) is 0 Å². The lowest BCUT2D eigenvalue weighted by Gasteiger charge is -1.97. The number of nitrogens with one attached hydrogen (secondary N) is 1. The minimum absolute atomic E-state index is 0.900. The van der Waals surface area contributed by atoms with Crippen molar-refractivity contribution in [2.45, 2.75) is 13.3 Å². The molecule has 1 rings (SSSR count). The molecular weight excluding hydrogens is 138 g/mol. The van der Waals surface area contributed by atoms with E-state index in [1.165, 1.54) is 0 Å². The fourth-order valence-corrected chi connectivity index (χ4v) is 0.785. The van der Waals surface area contributed by atoms with E-state index in [9.17, 15) is 0 Å². The predicted octanol–water partition coefficient (Wildman–Crippen LogP) is 0.547.